The van der Waals surface area contributed by atoms with Crippen LogP contribution in [0.5, 0.6) is 0 Å². The second kappa shape index (κ2) is 13.2. The topological polar surface area (TPSA) is 97.1 Å². The molecule has 204 valence electrons. The summed E-state index contributed by atoms with van der Waals surface area (Å²) in [5, 5.41) is 4.40. The molecule has 0 aliphatic heterocycles. The minimum Gasteiger partial charge on any atom is -0.449 e. The zero-order valence-electron chi connectivity index (χ0n) is 21.4. The first-order chi connectivity index (χ1) is 18.0. The molecule has 3 rings (SSSR count). The summed E-state index contributed by atoms with van der Waals surface area (Å²) in [6, 6.07) is 3.17. The predicted octanol–water partition coefficient (Wildman–Crippen LogP) is 6.55. The number of oxazole rings is 1. The van der Waals surface area contributed by atoms with Crippen LogP contribution in [0.4, 0.5) is 17.6 Å². The number of carbonyl (C=O) groups is 2. The fraction of sp³-hybridized carbons (Fsp3) is 0.308. The number of pyridine rings is 1. The number of nitrogens with zero attached hydrogens (tertiary/aromatic N) is 2. The van der Waals surface area contributed by atoms with Gasteiger partial charge in [-0.1, -0.05) is 31.5 Å². The molecule has 0 fully saturated rings. The molecule has 2 aromatic heterocycles. The number of aromatic nitrogens is 2. The molecule has 38 heavy (non-hydrogen) atoms. The van der Waals surface area contributed by atoms with E-state index in [0.29, 0.717) is 5.89 Å². The molecule has 2 N–H and O–H groups in total. The number of aryl methyl sites for hydroxylation is 1. The monoisotopic (exact) mass is 554 g/mol. The highest BCUT2D eigenvalue weighted by molar-refractivity contribution is 6.31. The highest BCUT2D eigenvalue weighted by atomic mass is 35.5. The van der Waals surface area contributed by atoms with Gasteiger partial charge in [0.15, 0.2) is 5.89 Å². The second-order valence-electron chi connectivity index (χ2n) is 7.65. The van der Waals surface area contributed by atoms with Crippen LogP contribution in [-0.4, -0.2) is 35.0 Å². The average molecular weight is 555 g/mol. The lowest BCUT2D eigenvalue weighted by atomic mass is 10.0. The van der Waals surface area contributed by atoms with Gasteiger partial charge in [0.2, 0.25) is 0 Å². The molecule has 7 nitrogen and oxygen atoms in total. The maximum Gasteiger partial charge on any atom is 0.418 e. The fourth-order valence-corrected chi connectivity index (χ4v) is 3.65. The molecule has 0 bridgehead atoms. The molecule has 0 saturated heterocycles. The molecule has 0 aliphatic carbocycles. The first kappa shape index (κ1) is 30.5. The maximum absolute atomic E-state index is 14.1. The van der Waals surface area contributed by atoms with Crippen molar-refractivity contribution in [2.24, 2.45) is 0 Å². The van der Waals surface area contributed by atoms with Gasteiger partial charge in [0.1, 0.15) is 17.8 Å². The second-order valence-corrected chi connectivity index (χ2v) is 8.06. The Morgan fingerprint density at radius 2 is 1.84 bits per heavy atom. The number of amides is 2. The SMILES string of the molecule is C/C=C(\C(NC(=O)c1cc(C(=O)NC)nc2cc(F)c(Cl)cc12)=C(\C)CCc1ncco1)C(F)(F)F.CC. The highest BCUT2D eigenvalue weighted by Gasteiger charge is 2.37. The Kier molecular flexibility index (Phi) is 10.6. The largest absolute Gasteiger partial charge is 0.449 e. The molecule has 0 unspecified atom stereocenters. The Hall–Kier alpha value is -3.73. The summed E-state index contributed by atoms with van der Waals surface area (Å²) in [5.74, 6) is -2.16. The van der Waals surface area contributed by atoms with Crippen LogP contribution in [0.25, 0.3) is 10.9 Å². The smallest absolute Gasteiger partial charge is 0.418 e. The lowest BCUT2D eigenvalue weighted by Gasteiger charge is -2.20. The fourth-order valence-electron chi connectivity index (χ4n) is 3.48. The molecule has 0 atom stereocenters. The third-order valence-electron chi connectivity index (χ3n) is 5.28. The summed E-state index contributed by atoms with van der Waals surface area (Å²) in [5.41, 5.74) is -1.82. The Labute approximate surface area is 222 Å². The normalized spacial score (nSPS) is 12.4. The van der Waals surface area contributed by atoms with E-state index in [4.69, 9.17) is 16.0 Å². The van der Waals surface area contributed by atoms with Crippen molar-refractivity contribution in [2.75, 3.05) is 7.05 Å². The maximum atomic E-state index is 14.1. The van der Waals surface area contributed by atoms with Crippen molar-refractivity contribution in [3.05, 3.63) is 81.6 Å². The van der Waals surface area contributed by atoms with E-state index >= 15 is 0 Å². The van der Waals surface area contributed by atoms with Crippen molar-refractivity contribution < 1.29 is 31.6 Å². The van der Waals surface area contributed by atoms with Crippen molar-refractivity contribution in [2.45, 2.75) is 46.7 Å². The van der Waals surface area contributed by atoms with Gasteiger partial charge in [0, 0.05) is 24.9 Å². The summed E-state index contributed by atoms with van der Waals surface area (Å²) >= 11 is 5.88. The Balaban J connectivity index is 0.00000247. The third-order valence-corrected chi connectivity index (χ3v) is 5.57. The van der Waals surface area contributed by atoms with Gasteiger partial charge in [-0.2, -0.15) is 13.2 Å². The summed E-state index contributed by atoms with van der Waals surface area (Å²) in [6.07, 6.45) is -0.881. The first-order valence-corrected chi connectivity index (χ1v) is 12.0. The van der Waals surface area contributed by atoms with Crippen molar-refractivity contribution >= 4 is 34.3 Å². The quantitative estimate of drug-likeness (QED) is 0.255. The molecule has 0 spiro atoms. The lowest BCUT2D eigenvalue weighted by molar-refractivity contribution is -0.0899. The van der Waals surface area contributed by atoms with Crippen LogP contribution in [0.3, 0.4) is 0 Å². The molecule has 0 radical (unpaired) electrons. The number of benzene rings is 1. The molecule has 12 heteroatoms. The molecule has 0 saturated carbocycles. The molecule has 2 amide bonds. The molecule has 0 aliphatic rings. The zero-order valence-corrected chi connectivity index (χ0v) is 22.1. The van der Waals surface area contributed by atoms with E-state index in [9.17, 15) is 27.2 Å². The van der Waals surface area contributed by atoms with Crippen LogP contribution in [0, 0.1) is 5.82 Å². The van der Waals surface area contributed by atoms with E-state index in [2.05, 4.69) is 20.6 Å². The van der Waals surface area contributed by atoms with Gasteiger partial charge in [0.05, 0.1) is 33.6 Å². The van der Waals surface area contributed by atoms with Crippen LogP contribution < -0.4 is 10.6 Å². The summed E-state index contributed by atoms with van der Waals surface area (Å²) in [7, 11) is 1.33. The van der Waals surface area contributed by atoms with Crippen molar-refractivity contribution in [1.29, 1.82) is 0 Å². The third kappa shape index (κ3) is 7.18. The number of allylic oxidation sites excluding steroid dienone is 3. The summed E-state index contributed by atoms with van der Waals surface area (Å²) < 4.78 is 60.8. The van der Waals surface area contributed by atoms with Crippen LogP contribution in [0.15, 0.2) is 58.0 Å². The van der Waals surface area contributed by atoms with E-state index in [1.165, 1.54) is 33.4 Å². The van der Waals surface area contributed by atoms with Gasteiger partial charge in [0.25, 0.3) is 11.8 Å². The number of carbonyl (C=O) groups excluding carboxylic acids is 2. The van der Waals surface area contributed by atoms with Gasteiger partial charge < -0.3 is 15.1 Å². The first-order valence-electron chi connectivity index (χ1n) is 11.6. The summed E-state index contributed by atoms with van der Waals surface area (Å²) in [6.45, 7) is 6.64. The number of halogens is 5. The van der Waals surface area contributed by atoms with E-state index in [1.807, 2.05) is 13.8 Å². The molecule has 2 heterocycles. The van der Waals surface area contributed by atoms with Gasteiger partial charge in [-0.3, -0.25) is 9.59 Å². The number of alkyl halides is 3. The molecular weight excluding hydrogens is 528 g/mol. The number of hydrogen-bond donors (Lipinski definition) is 2. The van der Waals surface area contributed by atoms with Crippen LogP contribution >= 0.6 is 11.6 Å². The predicted molar refractivity (Wildman–Crippen MR) is 136 cm³/mol. The molecule has 1 aromatic carbocycles. The van der Waals surface area contributed by atoms with Crippen molar-refractivity contribution in [3.63, 3.8) is 0 Å². The molecular formula is C26H27ClF4N4O3. The number of fused-ring (bicyclic) bond motifs is 1. The minimum atomic E-state index is -4.78. The van der Waals surface area contributed by atoms with E-state index < -0.39 is 35.1 Å². The number of rotatable bonds is 7. The standard InChI is InChI=1S/C24H21ClF4N4O3.C2H6/c1-4-15(24(27,28)29)21(12(2)5-6-20-31-7-8-36-20)33-22(34)14-10-19(23(35)30-3)32-18-11-17(26)16(25)9-13(14)18;1-2/h4,7-11H,5-6H2,1-3H3,(H,30,35)(H,33,34);1-2H3/b15-4+,21-12+;. The van der Waals surface area contributed by atoms with Crippen LogP contribution in [-0.2, 0) is 6.42 Å². The van der Waals surface area contributed by atoms with Gasteiger partial charge >= 0.3 is 6.18 Å². The van der Waals surface area contributed by atoms with E-state index in [1.54, 1.807) is 0 Å². The van der Waals surface area contributed by atoms with E-state index in [0.717, 1.165) is 24.3 Å². The Bertz CT molecular complexity index is 1370. The van der Waals surface area contributed by atoms with Gasteiger partial charge in [-0.05, 0) is 38.0 Å². The number of nitrogens with one attached hydrogen (secondary N) is 2. The highest BCUT2D eigenvalue weighted by Crippen LogP contribution is 2.33. The Morgan fingerprint density at radius 1 is 1.16 bits per heavy atom. The number of hydrogen-bond acceptors (Lipinski definition) is 5. The summed E-state index contributed by atoms with van der Waals surface area (Å²) in [4.78, 5) is 33.5. The minimum absolute atomic E-state index is 0.0531. The van der Waals surface area contributed by atoms with Crippen LogP contribution in [0.2, 0.25) is 5.02 Å². The van der Waals surface area contributed by atoms with Gasteiger partial charge in [-0.25, -0.2) is 14.4 Å². The zero-order chi connectivity index (χ0) is 28.6. The van der Waals surface area contributed by atoms with Crippen molar-refractivity contribution in [1.82, 2.24) is 20.6 Å². The average Bonchev–Trinajstić information content (AvgIpc) is 3.41. The van der Waals surface area contributed by atoms with Gasteiger partial charge in [-0.15, -0.1) is 0 Å². The molecule has 3 aromatic rings. The lowest BCUT2D eigenvalue weighted by Crippen LogP contribution is -2.30. The van der Waals surface area contributed by atoms with Crippen molar-refractivity contribution in [3.8, 4) is 0 Å². The van der Waals surface area contributed by atoms with Crippen LogP contribution in [0.1, 0.15) is 60.9 Å². The van der Waals surface area contributed by atoms with E-state index in [-0.39, 0.29) is 45.6 Å². The Morgan fingerprint density at radius 3 is 2.39 bits per heavy atom.